The minimum Gasteiger partial charge on any atom is -0.490 e. The van der Waals surface area contributed by atoms with Crippen molar-refractivity contribution in [3.8, 4) is 11.5 Å². The lowest BCUT2D eigenvalue weighted by Gasteiger charge is -2.13. The number of rotatable bonds is 11. The first kappa shape index (κ1) is 31.1. The van der Waals surface area contributed by atoms with Gasteiger partial charge in [-0.05, 0) is 78.4 Å². The Bertz CT molecular complexity index is 1630. The molecule has 1 fully saturated rings. The fourth-order valence-corrected chi connectivity index (χ4v) is 4.91. The number of nitrogens with zero attached hydrogens (tertiary/aromatic N) is 2. The molecule has 0 spiro atoms. The third-order valence-corrected chi connectivity index (χ3v) is 7.17. The van der Waals surface area contributed by atoms with Crippen LogP contribution in [0.3, 0.4) is 0 Å². The number of hydrogen-bond donors (Lipinski definition) is 1. The minimum atomic E-state index is -0.686. The number of nitro groups is 1. The smallest absolute Gasteiger partial charge is 0.339 e. The molecule has 1 N–H and O–H groups in total. The van der Waals surface area contributed by atoms with E-state index in [1.165, 1.54) is 43.5 Å². The van der Waals surface area contributed by atoms with Crippen molar-refractivity contribution < 1.29 is 38.3 Å². The van der Waals surface area contributed by atoms with Crippen molar-refractivity contribution in [3.05, 3.63) is 97.4 Å². The Morgan fingerprint density at radius 3 is 2.47 bits per heavy atom. The highest BCUT2D eigenvalue weighted by atomic mass is 35.5. The molecule has 0 aliphatic carbocycles. The average molecular weight is 626 g/mol. The number of nitro benzene ring substituents is 1. The lowest BCUT2D eigenvalue weighted by atomic mass is 10.1. The first-order chi connectivity index (χ1) is 20.6. The van der Waals surface area contributed by atoms with Crippen LogP contribution in [0.2, 0.25) is 5.02 Å². The van der Waals surface area contributed by atoms with Crippen molar-refractivity contribution >= 4 is 63.8 Å². The van der Waals surface area contributed by atoms with Crippen LogP contribution < -0.4 is 14.8 Å². The number of methoxy groups -OCH3 is 1. The molecule has 14 heteroatoms. The van der Waals surface area contributed by atoms with E-state index in [2.05, 4.69) is 10.1 Å². The average Bonchev–Trinajstić information content (AvgIpc) is 3.24. The summed E-state index contributed by atoms with van der Waals surface area (Å²) in [5, 5.41) is 12.9. The topological polar surface area (TPSA) is 154 Å². The summed E-state index contributed by atoms with van der Waals surface area (Å²) >= 11 is 6.69. The first-order valence-electron chi connectivity index (χ1n) is 12.7. The van der Waals surface area contributed by atoms with E-state index in [0.29, 0.717) is 35.4 Å². The lowest BCUT2D eigenvalue weighted by Crippen LogP contribution is -2.36. The summed E-state index contributed by atoms with van der Waals surface area (Å²) in [6, 6.07) is 15.1. The molecule has 1 aliphatic rings. The lowest BCUT2D eigenvalue weighted by molar-refractivity contribution is -0.384. The molecule has 0 unspecified atom stereocenters. The maximum Gasteiger partial charge on any atom is 0.339 e. The predicted octanol–water partition coefficient (Wildman–Crippen LogP) is 5.69. The van der Waals surface area contributed by atoms with E-state index in [9.17, 15) is 29.3 Å². The second-order valence-corrected chi connectivity index (χ2v) is 10.3. The Balaban J connectivity index is 1.43. The number of benzene rings is 3. The van der Waals surface area contributed by atoms with Gasteiger partial charge in [-0.3, -0.25) is 29.4 Å². The molecule has 4 rings (SSSR count). The normalized spacial score (nSPS) is 13.7. The molecule has 1 saturated heterocycles. The van der Waals surface area contributed by atoms with Crippen LogP contribution in [0.1, 0.15) is 28.4 Å². The number of non-ortho nitro benzene ring substituents is 1. The standard InChI is InChI=1S/C29H24ClN3O9S/c1-3-41-24-12-18(6-11-23(24)42-16-17-4-8-20(9-5-17)33(38)39)13-25-27(35)32(29(37)43-25)15-26(34)31-19-7-10-22(30)21(14-19)28(36)40-2/h4-14H,3,15-16H2,1-2H3,(H,31,34)/b25-13+. The number of hydrogen-bond acceptors (Lipinski definition) is 10. The summed E-state index contributed by atoms with van der Waals surface area (Å²) in [7, 11) is 1.20. The minimum absolute atomic E-state index is 0.0241. The van der Waals surface area contributed by atoms with Crippen molar-refractivity contribution in [2.24, 2.45) is 0 Å². The van der Waals surface area contributed by atoms with Crippen LogP contribution in [0.15, 0.2) is 65.6 Å². The predicted molar refractivity (Wildman–Crippen MR) is 159 cm³/mol. The number of nitrogens with one attached hydrogen (secondary N) is 1. The number of esters is 1. The van der Waals surface area contributed by atoms with Crippen LogP contribution in [-0.2, 0) is 20.9 Å². The number of halogens is 1. The highest BCUT2D eigenvalue weighted by Gasteiger charge is 2.36. The maximum absolute atomic E-state index is 13.0. The van der Waals surface area contributed by atoms with Gasteiger partial charge in [-0.2, -0.15) is 0 Å². The van der Waals surface area contributed by atoms with E-state index in [1.54, 1.807) is 37.3 Å². The number of carbonyl (C=O) groups excluding carboxylic acids is 4. The van der Waals surface area contributed by atoms with Crippen LogP contribution in [0, 0.1) is 10.1 Å². The van der Waals surface area contributed by atoms with Crippen molar-refractivity contribution in [3.63, 3.8) is 0 Å². The van der Waals surface area contributed by atoms with Crippen LogP contribution >= 0.6 is 23.4 Å². The molecule has 0 aromatic heterocycles. The van der Waals surface area contributed by atoms with E-state index in [1.807, 2.05) is 0 Å². The van der Waals surface area contributed by atoms with E-state index in [4.69, 9.17) is 21.1 Å². The zero-order valence-electron chi connectivity index (χ0n) is 22.8. The third-order valence-electron chi connectivity index (χ3n) is 5.94. The zero-order valence-corrected chi connectivity index (χ0v) is 24.4. The van der Waals surface area contributed by atoms with Crippen molar-refractivity contribution in [1.29, 1.82) is 0 Å². The van der Waals surface area contributed by atoms with Crippen LogP contribution in [-0.4, -0.2) is 53.1 Å². The van der Waals surface area contributed by atoms with Crippen LogP contribution in [0.5, 0.6) is 11.5 Å². The summed E-state index contributed by atoms with van der Waals surface area (Å²) in [6.07, 6.45) is 1.51. The van der Waals surface area contributed by atoms with E-state index in [0.717, 1.165) is 10.5 Å². The summed E-state index contributed by atoms with van der Waals surface area (Å²) in [4.78, 5) is 61.4. The molecule has 3 amide bonds. The summed E-state index contributed by atoms with van der Waals surface area (Å²) in [6.45, 7) is 1.72. The van der Waals surface area contributed by atoms with E-state index >= 15 is 0 Å². The second-order valence-electron chi connectivity index (χ2n) is 8.85. The molecule has 1 aliphatic heterocycles. The highest BCUT2D eigenvalue weighted by Crippen LogP contribution is 2.35. The molecule has 1 heterocycles. The number of anilines is 1. The summed E-state index contributed by atoms with van der Waals surface area (Å²) < 4.78 is 16.2. The monoisotopic (exact) mass is 625 g/mol. The Kier molecular flexibility index (Phi) is 10.0. The SMILES string of the molecule is CCOc1cc(/C=C2/SC(=O)N(CC(=O)Nc3ccc(Cl)c(C(=O)OC)c3)C2=O)ccc1OCc1ccc([N+](=O)[O-])cc1. The van der Waals surface area contributed by atoms with Gasteiger partial charge in [-0.25, -0.2) is 4.79 Å². The molecule has 3 aromatic carbocycles. The van der Waals surface area contributed by atoms with Gasteiger partial charge in [-0.1, -0.05) is 17.7 Å². The molecular weight excluding hydrogens is 602 g/mol. The summed E-state index contributed by atoms with van der Waals surface area (Å²) in [5.41, 5.74) is 1.53. The number of ether oxygens (including phenoxy) is 3. The zero-order chi connectivity index (χ0) is 31.1. The molecule has 3 aromatic rings. The molecule has 12 nitrogen and oxygen atoms in total. The van der Waals surface area contributed by atoms with Gasteiger partial charge in [0.25, 0.3) is 16.8 Å². The van der Waals surface area contributed by atoms with E-state index in [-0.39, 0.29) is 33.5 Å². The Labute approximate surface area is 254 Å². The first-order valence-corrected chi connectivity index (χ1v) is 13.8. The van der Waals surface area contributed by atoms with Gasteiger partial charge in [0, 0.05) is 17.8 Å². The van der Waals surface area contributed by atoms with Crippen molar-refractivity contribution in [2.45, 2.75) is 13.5 Å². The second kappa shape index (κ2) is 13.9. The fourth-order valence-electron chi connectivity index (χ4n) is 3.88. The van der Waals surface area contributed by atoms with Gasteiger partial charge >= 0.3 is 5.97 Å². The number of amides is 3. The van der Waals surface area contributed by atoms with Gasteiger partial charge in [0.15, 0.2) is 11.5 Å². The molecule has 0 saturated carbocycles. The fraction of sp³-hybridized carbons (Fsp3) is 0.172. The third kappa shape index (κ3) is 7.70. The Morgan fingerprint density at radius 2 is 1.79 bits per heavy atom. The molecule has 0 atom stereocenters. The van der Waals surface area contributed by atoms with E-state index < -0.39 is 34.5 Å². The van der Waals surface area contributed by atoms with Crippen LogP contribution in [0.25, 0.3) is 6.08 Å². The van der Waals surface area contributed by atoms with Crippen molar-refractivity contribution in [2.75, 3.05) is 25.6 Å². The number of imide groups is 1. The van der Waals surface area contributed by atoms with Crippen LogP contribution in [0.4, 0.5) is 16.2 Å². The number of carbonyl (C=O) groups is 4. The van der Waals surface area contributed by atoms with Crippen molar-refractivity contribution in [1.82, 2.24) is 4.90 Å². The van der Waals surface area contributed by atoms with Gasteiger partial charge < -0.3 is 19.5 Å². The quantitative estimate of drug-likeness (QED) is 0.122. The molecular formula is C29H24ClN3O9S. The molecule has 0 radical (unpaired) electrons. The summed E-state index contributed by atoms with van der Waals surface area (Å²) in [5.74, 6) is -1.18. The van der Waals surface area contributed by atoms with Gasteiger partial charge in [-0.15, -0.1) is 0 Å². The molecule has 0 bridgehead atoms. The van der Waals surface area contributed by atoms with Gasteiger partial charge in [0.2, 0.25) is 5.91 Å². The maximum atomic E-state index is 13.0. The Morgan fingerprint density at radius 1 is 1.05 bits per heavy atom. The van der Waals surface area contributed by atoms with Gasteiger partial charge in [0.1, 0.15) is 13.2 Å². The molecule has 222 valence electrons. The molecule has 43 heavy (non-hydrogen) atoms. The largest absolute Gasteiger partial charge is 0.490 e. The van der Waals surface area contributed by atoms with Gasteiger partial charge in [0.05, 0.1) is 34.1 Å². The Hall–Kier alpha value is -4.88. The number of thioether (sulfide) groups is 1. The highest BCUT2D eigenvalue weighted by molar-refractivity contribution is 8.18.